The van der Waals surface area contributed by atoms with Crippen molar-refractivity contribution >= 4 is 34.8 Å². The minimum atomic E-state index is -0.636. The molecule has 1 aliphatic heterocycles. The third kappa shape index (κ3) is 4.72. The highest BCUT2D eigenvalue weighted by Gasteiger charge is 2.26. The number of carbonyl (C=O) groups is 2. The zero-order valence-electron chi connectivity index (χ0n) is 16.4. The predicted molar refractivity (Wildman–Crippen MR) is 116 cm³/mol. The summed E-state index contributed by atoms with van der Waals surface area (Å²) in [7, 11) is 0. The second-order valence-corrected chi connectivity index (χ2v) is 6.85. The quantitative estimate of drug-likeness (QED) is 0.652. The van der Waals surface area contributed by atoms with E-state index in [0.717, 1.165) is 11.4 Å². The van der Waals surface area contributed by atoms with Crippen molar-refractivity contribution in [1.82, 2.24) is 14.9 Å². The van der Waals surface area contributed by atoms with E-state index in [1.807, 2.05) is 47.4 Å². The lowest BCUT2D eigenvalue weighted by atomic mass is 10.2. The Morgan fingerprint density at radius 2 is 1.33 bits per heavy atom. The molecule has 0 unspecified atom stereocenters. The first-order chi connectivity index (χ1) is 14.7. The van der Waals surface area contributed by atoms with E-state index in [1.165, 1.54) is 0 Å². The molecule has 0 bridgehead atoms. The van der Waals surface area contributed by atoms with Gasteiger partial charge in [-0.05, 0) is 42.5 Å². The zero-order chi connectivity index (χ0) is 20.8. The van der Waals surface area contributed by atoms with Crippen LogP contribution in [0.15, 0.2) is 73.1 Å². The topological polar surface area (TPSA) is 90.5 Å². The minimum absolute atomic E-state index is 0.449. The van der Waals surface area contributed by atoms with Crippen molar-refractivity contribution in [3.05, 3.63) is 73.1 Å². The highest BCUT2D eigenvalue weighted by Crippen LogP contribution is 2.19. The normalized spacial score (nSPS) is 13.6. The Balaban J connectivity index is 1.29. The molecule has 0 aliphatic carbocycles. The summed E-state index contributed by atoms with van der Waals surface area (Å²) in [6.07, 6.45) is 3.38. The van der Waals surface area contributed by atoms with Gasteiger partial charge in [0.15, 0.2) is 0 Å². The SMILES string of the molecule is O=C(Nc1ccc(Nc2ccccc2)cc1)C(=O)N1CCN(c2ncccn2)CC1. The van der Waals surface area contributed by atoms with E-state index in [1.54, 1.807) is 35.5 Å². The first kappa shape index (κ1) is 19.4. The molecule has 4 rings (SSSR count). The van der Waals surface area contributed by atoms with Gasteiger partial charge in [0.1, 0.15) is 0 Å². The van der Waals surface area contributed by atoms with Crippen molar-refractivity contribution in [2.24, 2.45) is 0 Å². The summed E-state index contributed by atoms with van der Waals surface area (Å²) >= 11 is 0. The number of carbonyl (C=O) groups excluding carboxylic acids is 2. The number of anilines is 4. The van der Waals surface area contributed by atoms with E-state index in [2.05, 4.69) is 20.6 Å². The Kier molecular flexibility index (Phi) is 5.84. The van der Waals surface area contributed by atoms with Crippen LogP contribution in [0.3, 0.4) is 0 Å². The van der Waals surface area contributed by atoms with Gasteiger partial charge >= 0.3 is 11.8 Å². The summed E-state index contributed by atoms with van der Waals surface area (Å²) in [6, 6.07) is 18.8. The van der Waals surface area contributed by atoms with Crippen LogP contribution >= 0.6 is 0 Å². The number of amides is 2. The van der Waals surface area contributed by atoms with Crippen molar-refractivity contribution in [3.8, 4) is 0 Å². The van der Waals surface area contributed by atoms with Gasteiger partial charge in [0, 0.05) is 55.6 Å². The van der Waals surface area contributed by atoms with Crippen molar-refractivity contribution < 1.29 is 9.59 Å². The van der Waals surface area contributed by atoms with Crippen LogP contribution in [0.25, 0.3) is 0 Å². The molecule has 2 heterocycles. The highest BCUT2D eigenvalue weighted by molar-refractivity contribution is 6.39. The molecule has 1 aliphatic rings. The lowest BCUT2D eigenvalue weighted by molar-refractivity contribution is -0.143. The summed E-state index contributed by atoms with van der Waals surface area (Å²) in [6.45, 7) is 2.07. The van der Waals surface area contributed by atoms with Gasteiger partial charge in [-0.2, -0.15) is 0 Å². The Morgan fingerprint density at radius 1 is 0.733 bits per heavy atom. The molecule has 2 aromatic carbocycles. The zero-order valence-corrected chi connectivity index (χ0v) is 16.4. The minimum Gasteiger partial charge on any atom is -0.356 e. The van der Waals surface area contributed by atoms with Gasteiger partial charge in [0.05, 0.1) is 0 Å². The van der Waals surface area contributed by atoms with Gasteiger partial charge in [0.2, 0.25) is 5.95 Å². The summed E-state index contributed by atoms with van der Waals surface area (Å²) in [4.78, 5) is 36.9. The molecule has 1 fully saturated rings. The van der Waals surface area contributed by atoms with E-state index in [-0.39, 0.29) is 0 Å². The molecular formula is C22H22N6O2. The van der Waals surface area contributed by atoms with Gasteiger partial charge < -0.3 is 20.4 Å². The fourth-order valence-corrected chi connectivity index (χ4v) is 3.22. The number of nitrogens with zero attached hydrogens (tertiary/aromatic N) is 4. The fourth-order valence-electron chi connectivity index (χ4n) is 3.22. The summed E-state index contributed by atoms with van der Waals surface area (Å²) in [5.74, 6) is -0.531. The number of hydrogen-bond donors (Lipinski definition) is 2. The molecule has 2 amide bonds. The average Bonchev–Trinajstić information content (AvgIpc) is 2.81. The molecule has 0 atom stereocenters. The van der Waals surface area contributed by atoms with Gasteiger partial charge in [-0.3, -0.25) is 9.59 Å². The molecule has 8 heteroatoms. The summed E-state index contributed by atoms with van der Waals surface area (Å²) in [5, 5.41) is 5.95. The van der Waals surface area contributed by atoms with Crippen LogP contribution in [0, 0.1) is 0 Å². The molecule has 30 heavy (non-hydrogen) atoms. The number of hydrogen-bond acceptors (Lipinski definition) is 6. The second-order valence-electron chi connectivity index (χ2n) is 6.85. The molecule has 3 aromatic rings. The number of rotatable bonds is 4. The van der Waals surface area contributed by atoms with E-state index >= 15 is 0 Å². The Labute approximate surface area is 174 Å². The fraction of sp³-hybridized carbons (Fsp3) is 0.182. The average molecular weight is 402 g/mol. The van der Waals surface area contributed by atoms with E-state index < -0.39 is 11.8 Å². The smallest absolute Gasteiger partial charge is 0.313 e. The predicted octanol–water partition coefficient (Wildman–Crippen LogP) is 2.51. The number of benzene rings is 2. The van der Waals surface area contributed by atoms with Crippen molar-refractivity contribution in [3.63, 3.8) is 0 Å². The Bertz CT molecular complexity index is 987. The molecule has 0 radical (unpaired) electrons. The van der Waals surface area contributed by atoms with Crippen LogP contribution < -0.4 is 15.5 Å². The van der Waals surface area contributed by atoms with E-state index in [9.17, 15) is 9.59 Å². The number of nitrogens with one attached hydrogen (secondary N) is 2. The first-order valence-electron chi connectivity index (χ1n) is 9.73. The van der Waals surface area contributed by atoms with Gasteiger partial charge in [0.25, 0.3) is 0 Å². The maximum atomic E-state index is 12.5. The highest BCUT2D eigenvalue weighted by atomic mass is 16.2. The molecular weight excluding hydrogens is 380 g/mol. The Hall–Kier alpha value is -3.94. The number of piperazine rings is 1. The second kappa shape index (κ2) is 9.04. The molecule has 8 nitrogen and oxygen atoms in total. The monoisotopic (exact) mass is 402 g/mol. The van der Waals surface area contributed by atoms with Gasteiger partial charge in [-0.1, -0.05) is 18.2 Å². The molecule has 2 N–H and O–H groups in total. The maximum absolute atomic E-state index is 12.5. The standard InChI is InChI=1S/C22H22N6O2/c29-20(21(30)27-13-15-28(16-14-27)22-23-11-4-12-24-22)26-19-9-7-18(8-10-19)25-17-5-2-1-3-6-17/h1-12,25H,13-16H2,(H,26,29). The van der Waals surface area contributed by atoms with Crippen LogP contribution in [-0.2, 0) is 9.59 Å². The van der Waals surface area contributed by atoms with Crippen LogP contribution in [0.5, 0.6) is 0 Å². The van der Waals surface area contributed by atoms with Gasteiger partial charge in [-0.15, -0.1) is 0 Å². The lowest BCUT2D eigenvalue weighted by Gasteiger charge is -2.34. The first-order valence-corrected chi connectivity index (χ1v) is 9.73. The van der Waals surface area contributed by atoms with Crippen LogP contribution in [0.1, 0.15) is 0 Å². The largest absolute Gasteiger partial charge is 0.356 e. The third-order valence-corrected chi connectivity index (χ3v) is 4.80. The van der Waals surface area contributed by atoms with Crippen molar-refractivity contribution in [2.75, 3.05) is 41.7 Å². The van der Waals surface area contributed by atoms with Crippen LogP contribution in [0.4, 0.5) is 23.0 Å². The van der Waals surface area contributed by atoms with Crippen molar-refractivity contribution in [2.45, 2.75) is 0 Å². The van der Waals surface area contributed by atoms with Crippen LogP contribution in [-0.4, -0.2) is 52.9 Å². The molecule has 152 valence electrons. The molecule has 1 aromatic heterocycles. The van der Waals surface area contributed by atoms with Crippen molar-refractivity contribution in [1.29, 1.82) is 0 Å². The number of aromatic nitrogens is 2. The molecule has 0 spiro atoms. The number of para-hydroxylation sites is 1. The molecule has 0 saturated carbocycles. The van der Waals surface area contributed by atoms with Crippen LogP contribution in [0.2, 0.25) is 0 Å². The van der Waals surface area contributed by atoms with E-state index in [4.69, 9.17) is 0 Å². The lowest BCUT2D eigenvalue weighted by Crippen LogP contribution is -2.52. The maximum Gasteiger partial charge on any atom is 0.313 e. The van der Waals surface area contributed by atoms with E-state index in [0.29, 0.717) is 37.8 Å². The Morgan fingerprint density at radius 3 is 2.00 bits per heavy atom. The van der Waals surface area contributed by atoms with Gasteiger partial charge in [-0.25, -0.2) is 9.97 Å². The third-order valence-electron chi connectivity index (χ3n) is 4.80. The molecule has 1 saturated heterocycles. The summed E-state index contributed by atoms with van der Waals surface area (Å²) < 4.78 is 0. The summed E-state index contributed by atoms with van der Waals surface area (Å²) in [5.41, 5.74) is 2.44.